The van der Waals surface area contributed by atoms with E-state index in [4.69, 9.17) is 14.2 Å². The second-order valence-electron chi connectivity index (χ2n) is 6.61. The first-order valence-electron chi connectivity index (χ1n) is 9.26. The molecule has 0 heterocycles. The van der Waals surface area contributed by atoms with Crippen molar-refractivity contribution in [1.82, 2.24) is 10.6 Å². The number of hydrogen-bond acceptors (Lipinski definition) is 4. The molecule has 0 aromatic rings. The van der Waals surface area contributed by atoms with Crippen molar-refractivity contribution in [2.45, 2.75) is 44.9 Å². The van der Waals surface area contributed by atoms with Gasteiger partial charge in [0, 0.05) is 47.6 Å². The van der Waals surface area contributed by atoms with Crippen LogP contribution in [0.25, 0.3) is 0 Å². The Hall–Kier alpha value is -0.120. The first kappa shape index (κ1) is 24.9. The van der Waals surface area contributed by atoms with Gasteiger partial charge in [-0.1, -0.05) is 12.8 Å². The lowest BCUT2D eigenvalue weighted by Gasteiger charge is -2.30. The van der Waals surface area contributed by atoms with E-state index in [1.54, 1.807) is 14.2 Å². The first-order chi connectivity index (χ1) is 11.8. The Balaban J connectivity index is 0.00000576. The Morgan fingerprint density at radius 2 is 1.68 bits per heavy atom. The lowest BCUT2D eigenvalue weighted by atomic mass is 9.83. The molecular formula is C18H38IN3O3. The molecule has 1 aliphatic carbocycles. The molecule has 0 unspecified atom stereocenters. The quantitative estimate of drug-likeness (QED) is 0.187. The summed E-state index contributed by atoms with van der Waals surface area (Å²) in [4.78, 5) is 4.33. The third kappa shape index (κ3) is 11.2. The van der Waals surface area contributed by atoms with Gasteiger partial charge in [0.25, 0.3) is 0 Å². The zero-order chi connectivity index (χ0) is 17.5. The van der Waals surface area contributed by atoms with E-state index in [1.807, 2.05) is 7.05 Å². The van der Waals surface area contributed by atoms with Crippen LogP contribution in [-0.2, 0) is 14.2 Å². The van der Waals surface area contributed by atoms with Crippen LogP contribution in [0.5, 0.6) is 0 Å². The number of hydrogen-bond donors (Lipinski definition) is 2. The molecule has 0 radical (unpaired) electrons. The van der Waals surface area contributed by atoms with Crippen LogP contribution in [0.3, 0.4) is 0 Å². The predicted molar refractivity (Wildman–Crippen MR) is 114 cm³/mol. The maximum atomic E-state index is 5.46. The Morgan fingerprint density at radius 3 is 2.32 bits per heavy atom. The van der Waals surface area contributed by atoms with Gasteiger partial charge < -0.3 is 24.8 Å². The number of aliphatic imine (C=N–C) groups is 1. The number of halogens is 1. The topological polar surface area (TPSA) is 64.1 Å². The number of unbranched alkanes of at least 4 members (excludes halogenated alkanes) is 1. The van der Waals surface area contributed by atoms with E-state index >= 15 is 0 Å². The van der Waals surface area contributed by atoms with Crippen molar-refractivity contribution in [2.75, 3.05) is 60.8 Å². The summed E-state index contributed by atoms with van der Waals surface area (Å²) in [6.45, 7) is 4.87. The molecule has 6 nitrogen and oxygen atoms in total. The fourth-order valence-electron chi connectivity index (χ4n) is 3.23. The van der Waals surface area contributed by atoms with Gasteiger partial charge in [-0.15, -0.1) is 24.0 Å². The van der Waals surface area contributed by atoms with Crippen molar-refractivity contribution < 1.29 is 14.2 Å². The molecule has 0 aromatic heterocycles. The van der Waals surface area contributed by atoms with Gasteiger partial charge in [0.05, 0.1) is 13.2 Å². The smallest absolute Gasteiger partial charge is 0.190 e. The minimum atomic E-state index is 0. The third-order valence-electron chi connectivity index (χ3n) is 4.79. The predicted octanol–water partition coefficient (Wildman–Crippen LogP) is 2.81. The van der Waals surface area contributed by atoms with E-state index in [1.165, 1.54) is 25.7 Å². The molecule has 7 heteroatoms. The fraction of sp³-hybridized carbons (Fsp3) is 0.944. The van der Waals surface area contributed by atoms with Crippen molar-refractivity contribution in [3.05, 3.63) is 0 Å². The molecule has 0 amide bonds. The molecule has 1 rings (SSSR count). The van der Waals surface area contributed by atoms with Crippen LogP contribution >= 0.6 is 24.0 Å². The molecule has 2 N–H and O–H groups in total. The number of ether oxygens (including phenoxy) is 3. The van der Waals surface area contributed by atoms with E-state index in [2.05, 4.69) is 15.6 Å². The van der Waals surface area contributed by atoms with Crippen LogP contribution in [0.1, 0.15) is 44.9 Å². The highest BCUT2D eigenvalue weighted by atomic mass is 127. The highest BCUT2D eigenvalue weighted by molar-refractivity contribution is 14.0. The SMILES string of the molecule is CN=C(NCCCCOCCOC)NCC1(CCOC)CCCC1.I. The third-order valence-corrected chi connectivity index (χ3v) is 4.79. The van der Waals surface area contributed by atoms with E-state index in [-0.39, 0.29) is 24.0 Å². The van der Waals surface area contributed by atoms with Gasteiger partial charge in [-0.05, 0) is 37.5 Å². The van der Waals surface area contributed by atoms with Crippen molar-refractivity contribution in [3.63, 3.8) is 0 Å². The van der Waals surface area contributed by atoms with Crippen LogP contribution in [0.15, 0.2) is 4.99 Å². The molecule has 0 spiro atoms. The molecule has 25 heavy (non-hydrogen) atoms. The highest BCUT2D eigenvalue weighted by Gasteiger charge is 2.33. The first-order valence-corrected chi connectivity index (χ1v) is 9.26. The van der Waals surface area contributed by atoms with Gasteiger partial charge in [0.1, 0.15) is 0 Å². The summed E-state index contributed by atoms with van der Waals surface area (Å²) >= 11 is 0. The average Bonchev–Trinajstić information content (AvgIpc) is 3.07. The lowest BCUT2D eigenvalue weighted by Crippen LogP contribution is -2.43. The van der Waals surface area contributed by atoms with Crippen molar-refractivity contribution in [2.24, 2.45) is 10.4 Å². The van der Waals surface area contributed by atoms with Crippen LogP contribution in [0.2, 0.25) is 0 Å². The standard InChI is InChI=1S/C18H37N3O3.HI/c1-19-17(20-11-6-7-12-24-15-14-23-3)21-16-18(10-13-22-2)8-4-5-9-18;/h4-16H2,1-3H3,(H2,19,20,21);1H. The summed E-state index contributed by atoms with van der Waals surface area (Å²) in [7, 11) is 5.31. The molecular weight excluding hydrogens is 433 g/mol. The summed E-state index contributed by atoms with van der Waals surface area (Å²) < 4.78 is 15.7. The molecule has 1 aliphatic rings. The molecule has 150 valence electrons. The maximum Gasteiger partial charge on any atom is 0.190 e. The van der Waals surface area contributed by atoms with Crippen molar-refractivity contribution in [1.29, 1.82) is 0 Å². The van der Waals surface area contributed by atoms with Crippen LogP contribution in [0, 0.1) is 5.41 Å². The monoisotopic (exact) mass is 471 g/mol. The number of rotatable bonds is 13. The lowest BCUT2D eigenvalue weighted by molar-refractivity contribution is 0.0689. The number of nitrogens with zero attached hydrogens (tertiary/aromatic N) is 1. The Morgan fingerprint density at radius 1 is 0.960 bits per heavy atom. The van der Waals surface area contributed by atoms with Crippen LogP contribution < -0.4 is 10.6 Å². The van der Waals surface area contributed by atoms with Gasteiger partial charge in [-0.2, -0.15) is 0 Å². The minimum absolute atomic E-state index is 0. The van der Waals surface area contributed by atoms with Gasteiger partial charge in [-0.3, -0.25) is 4.99 Å². The average molecular weight is 471 g/mol. The minimum Gasteiger partial charge on any atom is -0.385 e. The van der Waals surface area contributed by atoms with Crippen molar-refractivity contribution >= 4 is 29.9 Å². The summed E-state index contributed by atoms with van der Waals surface area (Å²) in [5.74, 6) is 0.902. The number of methoxy groups -OCH3 is 2. The summed E-state index contributed by atoms with van der Waals surface area (Å²) in [6, 6.07) is 0. The van der Waals surface area contributed by atoms with E-state index in [0.29, 0.717) is 18.6 Å². The Kier molecular flexibility index (Phi) is 16.0. The molecule has 0 aromatic carbocycles. The van der Waals surface area contributed by atoms with Crippen LogP contribution in [0.4, 0.5) is 0 Å². The van der Waals surface area contributed by atoms with E-state index in [0.717, 1.165) is 51.5 Å². The van der Waals surface area contributed by atoms with E-state index in [9.17, 15) is 0 Å². The highest BCUT2D eigenvalue weighted by Crippen LogP contribution is 2.40. The summed E-state index contributed by atoms with van der Waals surface area (Å²) in [6.07, 6.45) is 8.50. The molecule has 0 bridgehead atoms. The van der Waals surface area contributed by atoms with Gasteiger partial charge in [0.2, 0.25) is 0 Å². The van der Waals surface area contributed by atoms with Gasteiger partial charge in [0.15, 0.2) is 5.96 Å². The maximum absolute atomic E-state index is 5.46. The fourth-order valence-corrected chi connectivity index (χ4v) is 3.23. The molecule has 0 aliphatic heterocycles. The summed E-state index contributed by atoms with van der Waals surface area (Å²) in [5.41, 5.74) is 0.378. The molecule has 1 saturated carbocycles. The Bertz CT molecular complexity index is 338. The summed E-state index contributed by atoms with van der Waals surface area (Å²) in [5, 5.41) is 6.91. The zero-order valence-electron chi connectivity index (χ0n) is 16.3. The Labute approximate surface area is 170 Å². The number of nitrogens with one attached hydrogen (secondary N) is 2. The second kappa shape index (κ2) is 16.1. The van der Waals surface area contributed by atoms with Crippen LogP contribution in [-0.4, -0.2) is 66.7 Å². The molecule has 0 atom stereocenters. The number of guanidine groups is 1. The largest absolute Gasteiger partial charge is 0.385 e. The normalized spacial score (nSPS) is 16.5. The molecule has 0 saturated heterocycles. The zero-order valence-corrected chi connectivity index (χ0v) is 18.6. The second-order valence-corrected chi connectivity index (χ2v) is 6.61. The van der Waals surface area contributed by atoms with Crippen molar-refractivity contribution in [3.8, 4) is 0 Å². The van der Waals surface area contributed by atoms with E-state index < -0.39 is 0 Å². The van der Waals surface area contributed by atoms with Gasteiger partial charge >= 0.3 is 0 Å². The van der Waals surface area contributed by atoms with Gasteiger partial charge in [-0.25, -0.2) is 0 Å². The molecule has 1 fully saturated rings.